The predicted molar refractivity (Wildman–Crippen MR) is 67.4 cm³/mol. The molecular formula is C13H26OSe. The van der Waals surface area contributed by atoms with Gasteiger partial charge in [0.05, 0.1) is 0 Å². The first-order valence-electron chi connectivity index (χ1n) is 5.96. The molecule has 0 amide bonds. The first kappa shape index (κ1) is 13.5. The van der Waals surface area contributed by atoms with Crippen LogP contribution < -0.4 is 0 Å². The van der Waals surface area contributed by atoms with Crippen molar-refractivity contribution in [3.8, 4) is 0 Å². The van der Waals surface area contributed by atoms with Crippen molar-refractivity contribution in [3.63, 3.8) is 0 Å². The van der Waals surface area contributed by atoms with E-state index in [4.69, 9.17) is 0 Å². The van der Waals surface area contributed by atoms with Gasteiger partial charge in [0.25, 0.3) is 0 Å². The number of aliphatic hydroxyl groups is 1. The van der Waals surface area contributed by atoms with Crippen LogP contribution in [-0.4, -0.2) is 25.7 Å². The van der Waals surface area contributed by atoms with Gasteiger partial charge in [0.15, 0.2) is 0 Å². The molecule has 0 aromatic heterocycles. The zero-order chi connectivity index (χ0) is 11.9. The van der Waals surface area contributed by atoms with Gasteiger partial charge >= 0.3 is 101 Å². The second-order valence-electron chi connectivity index (χ2n) is 6.16. The third kappa shape index (κ3) is 1.90. The van der Waals surface area contributed by atoms with Crippen molar-refractivity contribution in [2.45, 2.75) is 69.6 Å². The van der Waals surface area contributed by atoms with Gasteiger partial charge in [-0.1, -0.05) is 0 Å². The summed E-state index contributed by atoms with van der Waals surface area (Å²) in [5.41, 5.74) is -0.432. The molecule has 2 unspecified atom stereocenters. The van der Waals surface area contributed by atoms with Crippen molar-refractivity contribution >= 4 is 15.0 Å². The van der Waals surface area contributed by atoms with Crippen molar-refractivity contribution in [2.24, 2.45) is 11.3 Å². The Morgan fingerprint density at radius 2 is 1.87 bits per heavy atom. The van der Waals surface area contributed by atoms with Gasteiger partial charge in [0.2, 0.25) is 0 Å². The molecule has 2 heteroatoms. The van der Waals surface area contributed by atoms with Gasteiger partial charge in [-0.25, -0.2) is 0 Å². The molecule has 0 radical (unpaired) electrons. The standard InChI is InChI=1S/C13H26OSe/c1-10-8-7-9-11(2,3)13(10,14)12(4,5)15-6/h10,14H,7-9H2,1-6H3. The van der Waals surface area contributed by atoms with Gasteiger partial charge < -0.3 is 0 Å². The number of hydrogen-bond donors (Lipinski definition) is 1. The molecule has 0 bridgehead atoms. The zero-order valence-electron chi connectivity index (χ0n) is 11.1. The Hall–Kier alpha value is 0.479. The summed E-state index contributed by atoms with van der Waals surface area (Å²) in [5, 5.41) is 11.2. The van der Waals surface area contributed by atoms with Gasteiger partial charge in [-0.05, 0) is 0 Å². The van der Waals surface area contributed by atoms with Crippen LogP contribution in [0, 0.1) is 11.3 Å². The maximum absolute atomic E-state index is 11.2. The van der Waals surface area contributed by atoms with Crippen LogP contribution in [0.15, 0.2) is 0 Å². The van der Waals surface area contributed by atoms with E-state index in [0.29, 0.717) is 20.9 Å². The molecule has 0 aliphatic heterocycles. The fraction of sp³-hybridized carbons (Fsp3) is 1.00. The van der Waals surface area contributed by atoms with Gasteiger partial charge in [0.1, 0.15) is 0 Å². The predicted octanol–water partition coefficient (Wildman–Crippen LogP) is 3.51. The Labute approximate surface area is 101 Å². The van der Waals surface area contributed by atoms with Crippen LogP contribution in [0.4, 0.5) is 0 Å². The molecule has 1 rings (SSSR count). The van der Waals surface area contributed by atoms with Gasteiger partial charge in [-0.3, -0.25) is 0 Å². The fourth-order valence-corrected chi connectivity index (χ4v) is 5.14. The van der Waals surface area contributed by atoms with E-state index in [1.165, 1.54) is 12.8 Å². The number of hydrogen-bond acceptors (Lipinski definition) is 1. The monoisotopic (exact) mass is 278 g/mol. The molecule has 90 valence electrons. The zero-order valence-corrected chi connectivity index (χ0v) is 12.8. The molecule has 1 fully saturated rings. The summed E-state index contributed by atoms with van der Waals surface area (Å²) in [7, 11) is 0. The van der Waals surface area contributed by atoms with Gasteiger partial charge in [0, 0.05) is 0 Å². The van der Waals surface area contributed by atoms with Crippen molar-refractivity contribution in [3.05, 3.63) is 0 Å². The molecule has 0 spiro atoms. The second kappa shape index (κ2) is 4.05. The van der Waals surface area contributed by atoms with Crippen molar-refractivity contribution in [2.75, 3.05) is 0 Å². The Morgan fingerprint density at radius 3 is 2.27 bits per heavy atom. The van der Waals surface area contributed by atoms with E-state index >= 15 is 0 Å². The first-order chi connectivity index (χ1) is 6.69. The minimum atomic E-state index is -0.493. The van der Waals surface area contributed by atoms with E-state index in [0.717, 1.165) is 6.42 Å². The molecule has 15 heavy (non-hydrogen) atoms. The van der Waals surface area contributed by atoms with Crippen LogP contribution in [0.25, 0.3) is 0 Å². The maximum atomic E-state index is 11.2. The van der Waals surface area contributed by atoms with E-state index < -0.39 is 5.60 Å². The molecule has 1 aliphatic rings. The second-order valence-corrected chi connectivity index (χ2v) is 9.16. The molecule has 1 N–H and O–H groups in total. The minimum absolute atomic E-state index is 0.0614. The van der Waals surface area contributed by atoms with Gasteiger partial charge in [-0.15, -0.1) is 0 Å². The SMILES string of the molecule is C[Se]C(C)(C)C1(O)C(C)CCCC1(C)C. The molecule has 0 saturated heterocycles. The van der Waals surface area contributed by atoms with Crippen LogP contribution in [0.5, 0.6) is 0 Å². The van der Waals surface area contributed by atoms with Crippen LogP contribution in [0.2, 0.25) is 10.1 Å². The molecule has 0 aromatic rings. The summed E-state index contributed by atoms with van der Waals surface area (Å²) in [5.74, 6) is 2.68. The van der Waals surface area contributed by atoms with Crippen molar-refractivity contribution in [1.29, 1.82) is 0 Å². The Kier molecular flexibility index (Phi) is 3.66. The van der Waals surface area contributed by atoms with E-state index in [1.807, 2.05) is 0 Å². The van der Waals surface area contributed by atoms with Crippen molar-refractivity contribution < 1.29 is 5.11 Å². The van der Waals surface area contributed by atoms with E-state index in [1.54, 1.807) is 0 Å². The molecule has 0 heterocycles. The van der Waals surface area contributed by atoms with E-state index in [-0.39, 0.29) is 9.73 Å². The van der Waals surface area contributed by atoms with Gasteiger partial charge in [-0.2, -0.15) is 0 Å². The quantitative estimate of drug-likeness (QED) is 0.766. The topological polar surface area (TPSA) is 20.2 Å². The summed E-state index contributed by atoms with van der Waals surface area (Å²) in [6.45, 7) is 11.2. The van der Waals surface area contributed by atoms with E-state index in [9.17, 15) is 5.11 Å². The Balaban J connectivity index is 3.14. The van der Waals surface area contributed by atoms with Crippen molar-refractivity contribution in [1.82, 2.24) is 0 Å². The molecule has 1 aliphatic carbocycles. The molecule has 1 saturated carbocycles. The van der Waals surface area contributed by atoms with Crippen LogP contribution in [-0.2, 0) is 0 Å². The average molecular weight is 277 g/mol. The molecule has 0 aromatic carbocycles. The van der Waals surface area contributed by atoms with E-state index in [2.05, 4.69) is 40.4 Å². The molecule has 2 atom stereocenters. The molecule has 1 nitrogen and oxygen atoms in total. The Morgan fingerprint density at radius 1 is 1.33 bits per heavy atom. The normalized spacial score (nSPS) is 36.6. The molecular weight excluding hydrogens is 251 g/mol. The summed E-state index contributed by atoms with van der Waals surface area (Å²) < 4.78 is 0.0728. The third-order valence-corrected chi connectivity index (χ3v) is 7.41. The summed E-state index contributed by atoms with van der Waals surface area (Å²) in [6, 6.07) is 0. The summed E-state index contributed by atoms with van der Waals surface area (Å²) >= 11 is 0.477. The van der Waals surface area contributed by atoms with Crippen LogP contribution in [0.3, 0.4) is 0 Å². The first-order valence-corrected chi connectivity index (χ1v) is 8.53. The van der Waals surface area contributed by atoms with Crippen LogP contribution >= 0.6 is 0 Å². The number of rotatable bonds is 2. The Bertz CT molecular complexity index is 225. The third-order valence-electron chi connectivity index (χ3n) is 4.61. The van der Waals surface area contributed by atoms with Crippen LogP contribution in [0.1, 0.15) is 53.9 Å². The average Bonchev–Trinajstić information content (AvgIpc) is 2.13. The summed E-state index contributed by atoms with van der Waals surface area (Å²) in [4.78, 5) is 0. The summed E-state index contributed by atoms with van der Waals surface area (Å²) in [6.07, 6.45) is 3.61. The fourth-order valence-electron chi connectivity index (χ4n) is 3.48.